The van der Waals surface area contributed by atoms with Crippen LogP contribution in [0.2, 0.25) is 0 Å². The zero-order valence-corrected chi connectivity index (χ0v) is 13.5. The van der Waals surface area contributed by atoms with Crippen molar-refractivity contribution < 1.29 is 9.53 Å². The zero-order valence-electron chi connectivity index (χ0n) is 11.9. The van der Waals surface area contributed by atoms with Crippen LogP contribution >= 0.6 is 15.9 Å². The van der Waals surface area contributed by atoms with Crippen LogP contribution in [0.1, 0.15) is 30.7 Å². The third-order valence-corrected chi connectivity index (χ3v) is 5.57. The maximum Gasteiger partial charge on any atom is 0.310 e. The number of fused-ring (bicyclic) bond motifs is 2. The molecule has 2 saturated heterocycles. The zero-order chi connectivity index (χ0) is 14.3. The highest BCUT2D eigenvalue weighted by atomic mass is 79.9. The number of benzene rings is 1. The van der Waals surface area contributed by atoms with E-state index in [4.69, 9.17) is 4.74 Å². The molecule has 2 unspecified atom stereocenters. The van der Waals surface area contributed by atoms with Gasteiger partial charge in [0.15, 0.2) is 0 Å². The van der Waals surface area contributed by atoms with Crippen LogP contribution in [0.25, 0.3) is 0 Å². The van der Waals surface area contributed by atoms with Gasteiger partial charge in [0, 0.05) is 22.5 Å². The molecule has 0 radical (unpaired) electrons. The van der Waals surface area contributed by atoms with Gasteiger partial charge in [-0.1, -0.05) is 28.1 Å². The standard InChI is InChI=1S/C16H20BrNO2/c1-18-12-7-8-14(18)15(16(19)20-2)13(9-12)10-3-5-11(17)6-4-10/h3-6,12-15H,7-9H2,1-2H3/t12?,13-,14?,15+/m1/s1. The van der Waals surface area contributed by atoms with E-state index < -0.39 is 0 Å². The molecule has 2 bridgehead atoms. The molecule has 0 N–H and O–H groups in total. The molecule has 3 nitrogen and oxygen atoms in total. The molecule has 2 aliphatic heterocycles. The Labute approximate surface area is 128 Å². The summed E-state index contributed by atoms with van der Waals surface area (Å²) in [4.78, 5) is 14.7. The molecule has 20 heavy (non-hydrogen) atoms. The van der Waals surface area contributed by atoms with Crippen LogP contribution in [0.5, 0.6) is 0 Å². The van der Waals surface area contributed by atoms with Gasteiger partial charge in [-0.2, -0.15) is 0 Å². The Hall–Kier alpha value is -0.870. The van der Waals surface area contributed by atoms with Gasteiger partial charge in [-0.25, -0.2) is 0 Å². The number of hydrogen-bond donors (Lipinski definition) is 0. The van der Waals surface area contributed by atoms with Crippen molar-refractivity contribution in [3.63, 3.8) is 0 Å². The molecule has 108 valence electrons. The van der Waals surface area contributed by atoms with E-state index in [1.165, 1.54) is 19.1 Å². The summed E-state index contributed by atoms with van der Waals surface area (Å²) in [5, 5.41) is 0. The Bertz CT molecular complexity index is 502. The van der Waals surface area contributed by atoms with Crippen LogP contribution in [-0.2, 0) is 9.53 Å². The van der Waals surface area contributed by atoms with Crippen molar-refractivity contribution in [2.45, 2.75) is 37.3 Å². The molecule has 0 spiro atoms. The van der Waals surface area contributed by atoms with E-state index in [9.17, 15) is 4.79 Å². The molecule has 3 rings (SSSR count). The van der Waals surface area contributed by atoms with Crippen LogP contribution < -0.4 is 0 Å². The Morgan fingerprint density at radius 1 is 1.30 bits per heavy atom. The van der Waals surface area contributed by atoms with Crippen molar-refractivity contribution in [1.82, 2.24) is 4.90 Å². The fourth-order valence-corrected chi connectivity index (χ4v) is 4.24. The molecule has 1 aromatic rings. The van der Waals surface area contributed by atoms with Gasteiger partial charge >= 0.3 is 5.97 Å². The largest absolute Gasteiger partial charge is 0.469 e. The van der Waals surface area contributed by atoms with E-state index in [1.54, 1.807) is 0 Å². The van der Waals surface area contributed by atoms with Crippen LogP contribution in [0.3, 0.4) is 0 Å². The first-order chi connectivity index (χ1) is 9.61. The first-order valence-electron chi connectivity index (χ1n) is 7.17. The van der Waals surface area contributed by atoms with Gasteiger partial charge in [0.1, 0.15) is 0 Å². The molecular formula is C16H20BrNO2. The molecule has 0 aromatic heterocycles. The lowest BCUT2D eigenvalue weighted by Gasteiger charge is -2.41. The molecule has 2 fully saturated rings. The number of methoxy groups -OCH3 is 1. The molecule has 0 amide bonds. The summed E-state index contributed by atoms with van der Waals surface area (Å²) >= 11 is 3.47. The third-order valence-electron chi connectivity index (χ3n) is 5.04. The molecule has 1 aromatic carbocycles. The summed E-state index contributed by atoms with van der Waals surface area (Å²) < 4.78 is 6.16. The number of esters is 1. The average molecular weight is 338 g/mol. The van der Waals surface area contributed by atoms with Gasteiger partial charge in [0.05, 0.1) is 13.0 Å². The summed E-state index contributed by atoms with van der Waals surface area (Å²) in [5.74, 6) is 0.185. The normalized spacial score (nSPS) is 33.1. The minimum atomic E-state index is -0.0601. The summed E-state index contributed by atoms with van der Waals surface area (Å²) in [6.07, 6.45) is 3.35. The number of halogens is 1. The van der Waals surface area contributed by atoms with Crippen molar-refractivity contribution in [3.8, 4) is 0 Å². The van der Waals surface area contributed by atoms with Gasteiger partial charge in [0.2, 0.25) is 0 Å². The first kappa shape index (κ1) is 14.1. The van der Waals surface area contributed by atoms with Crippen molar-refractivity contribution in [2.24, 2.45) is 5.92 Å². The lowest BCUT2D eigenvalue weighted by Crippen LogP contribution is -2.49. The number of carbonyl (C=O) groups is 1. The number of ether oxygens (including phenoxy) is 1. The van der Waals surface area contributed by atoms with Crippen molar-refractivity contribution in [1.29, 1.82) is 0 Å². The average Bonchev–Trinajstić information content (AvgIpc) is 2.70. The van der Waals surface area contributed by atoms with Gasteiger partial charge in [0.25, 0.3) is 0 Å². The highest BCUT2D eigenvalue weighted by molar-refractivity contribution is 9.10. The van der Waals surface area contributed by atoms with E-state index in [0.717, 1.165) is 17.3 Å². The van der Waals surface area contributed by atoms with E-state index in [2.05, 4.69) is 52.1 Å². The molecule has 2 heterocycles. The van der Waals surface area contributed by atoms with Crippen LogP contribution in [0.15, 0.2) is 28.7 Å². The highest BCUT2D eigenvalue weighted by Gasteiger charge is 2.49. The van der Waals surface area contributed by atoms with Crippen LogP contribution in [0.4, 0.5) is 0 Å². The van der Waals surface area contributed by atoms with E-state index >= 15 is 0 Å². The number of nitrogens with zero attached hydrogens (tertiary/aromatic N) is 1. The number of carbonyl (C=O) groups excluding carboxylic acids is 1. The molecule has 4 heteroatoms. The smallest absolute Gasteiger partial charge is 0.310 e. The van der Waals surface area contributed by atoms with Crippen molar-refractivity contribution in [3.05, 3.63) is 34.3 Å². The topological polar surface area (TPSA) is 29.5 Å². The minimum absolute atomic E-state index is 0.0371. The second kappa shape index (κ2) is 5.49. The lowest BCUT2D eigenvalue weighted by atomic mass is 9.76. The second-order valence-corrected chi connectivity index (χ2v) is 6.82. The Kier molecular flexibility index (Phi) is 3.87. The maximum atomic E-state index is 12.3. The molecule has 4 atom stereocenters. The lowest BCUT2D eigenvalue weighted by molar-refractivity contribution is -0.150. The Balaban J connectivity index is 1.95. The molecule has 2 aliphatic rings. The Morgan fingerprint density at radius 3 is 2.65 bits per heavy atom. The number of hydrogen-bond acceptors (Lipinski definition) is 3. The first-order valence-corrected chi connectivity index (χ1v) is 7.96. The number of rotatable bonds is 2. The van der Waals surface area contributed by atoms with Gasteiger partial charge < -0.3 is 4.74 Å². The minimum Gasteiger partial charge on any atom is -0.469 e. The van der Waals surface area contributed by atoms with Crippen molar-refractivity contribution in [2.75, 3.05) is 14.2 Å². The predicted molar refractivity (Wildman–Crippen MR) is 81.6 cm³/mol. The fourth-order valence-electron chi connectivity index (χ4n) is 3.98. The summed E-state index contributed by atoms with van der Waals surface area (Å²) in [5.41, 5.74) is 1.26. The predicted octanol–water partition coefficient (Wildman–Crippen LogP) is 3.19. The summed E-state index contributed by atoms with van der Waals surface area (Å²) in [7, 11) is 3.65. The highest BCUT2D eigenvalue weighted by Crippen LogP contribution is 2.46. The SMILES string of the molecule is COC(=O)[C@@H]1C2CCC(C[C@@H]1c1ccc(Br)cc1)N2C. The quantitative estimate of drug-likeness (QED) is 0.776. The maximum absolute atomic E-state index is 12.3. The van der Waals surface area contributed by atoms with Crippen molar-refractivity contribution >= 4 is 21.9 Å². The monoisotopic (exact) mass is 337 g/mol. The van der Waals surface area contributed by atoms with Crippen LogP contribution in [-0.4, -0.2) is 37.1 Å². The molecule has 0 saturated carbocycles. The summed E-state index contributed by atoms with van der Waals surface area (Å²) in [6.45, 7) is 0. The summed E-state index contributed by atoms with van der Waals surface area (Å²) in [6, 6.07) is 9.32. The molecule has 0 aliphatic carbocycles. The molecular weight excluding hydrogens is 318 g/mol. The Morgan fingerprint density at radius 2 is 2.00 bits per heavy atom. The van der Waals surface area contributed by atoms with E-state index in [-0.39, 0.29) is 17.8 Å². The van der Waals surface area contributed by atoms with Gasteiger partial charge in [-0.3, -0.25) is 9.69 Å². The van der Waals surface area contributed by atoms with Gasteiger partial charge in [-0.05, 0) is 44.0 Å². The number of piperidine rings is 1. The van der Waals surface area contributed by atoms with E-state index in [0.29, 0.717) is 12.1 Å². The third kappa shape index (κ3) is 2.29. The second-order valence-electron chi connectivity index (χ2n) is 5.91. The fraction of sp³-hybridized carbons (Fsp3) is 0.562. The van der Waals surface area contributed by atoms with Gasteiger partial charge in [-0.15, -0.1) is 0 Å². The van der Waals surface area contributed by atoms with Crippen LogP contribution in [0, 0.1) is 5.92 Å². The van der Waals surface area contributed by atoms with E-state index in [1.807, 2.05) is 0 Å².